The smallest absolute Gasteiger partial charge is 0.0872 e. The fourth-order valence-corrected chi connectivity index (χ4v) is 1.99. The van der Waals surface area contributed by atoms with Crippen LogP contribution < -0.4 is 0 Å². The van der Waals surface area contributed by atoms with E-state index < -0.39 is 0 Å². The van der Waals surface area contributed by atoms with Crippen LogP contribution in [0.3, 0.4) is 0 Å². The lowest BCUT2D eigenvalue weighted by Crippen LogP contribution is -2.29. The Kier molecular flexibility index (Phi) is 5.83. The third-order valence-corrected chi connectivity index (χ3v) is 2.98. The summed E-state index contributed by atoms with van der Waals surface area (Å²) in [6.07, 6.45) is 3.56. The average molecular weight is 220 g/mol. The van der Waals surface area contributed by atoms with E-state index in [0.29, 0.717) is 5.92 Å². The molecule has 0 aromatic carbocycles. The van der Waals surface area contributed by atoms with Crippen molar-refractivity contribution in [2.24, 2.45) is 5.92 Å². The molecule has 1 aliphatic heterocycles. The second-order valence-electron chi connectivity index (χ2n) is 4.43. The molecule has 1 rings (SSSR count). The molecule has 1 heterocycles. The van der Waals surface area contributed by atoms with Gasteiger partial charge in [-0.1, -0.05) is 13.8 Å². The Bertz CT molecular complexity index is 146. The Morgan fingerprint density at radius 1 is 1.29 bits per heavy atom. The van der Waals surface area contributed by atoms with Crippen molar-refractivity contribution < 1.29 is 4.74 Å². The van der Waals surface area contributed by atoms with Crippen LogP contribution in [0.25, 0.3) is 0 Å². The van der Waals surface area contributed by atoms with Gasteiger partial charge < -0.3 is 4.74 Å². The predicted octanol–water partition coefficient (Wildman–Crippen LogP) is 2.71. The summed E-state index contributed by atoms with van der Waals surface area (Å²) in [7, 11) is 0. The second kappa shape index (κ2) is 6.65. The Hall–Kier alpha value is 0.210. The maximum Gasteiger partial charge on any atom is 0.0872 e. The van der Waals surface area contributed by atoms with Crippen molar-refractivity contribution in [2.75, 3.05) is 26.3 Å². The first kappa shape index (κ1) is 12.3. The summed E-state index contributed by atoms with van der Waals surface area (Å²) in [6.45, 7) is 8.31. The summed E-state index contributed by atoms with van der Waals surface area (Å²) in [5.74, 6) is 0.621. The lowest BCUT2D eigenvalue weighted by Gasteiger charge is -2.21. The zero-order chi connectivity index (χ0) is 10.4. The van der Waals surface area contributed by atoms with Crippen molar-refractivity contribution in [3.8, 4) is 0 Å². The second-order valence-corrected chi connectivity index (χ2v) is 4.94. The molecule has 84 valence electrons. The van der Waals surface area contributed by atoms with Gasteiger partial charge in [-0.3, -0.25) is 4.90 Å². The third kappa shape index (κ3) is 4.63. The van der Waals surface area contributed by atoms with Crippen molar-refractivity contribution in [1.29, 1.82) is 0 Å². The summed E-state index contributed by atoms with van der Waals surface area (Å²) in [5.41, 5.74) is 0.185. The fraction of sp³-hybridized carbons (Fsp3) is 1.00. The van der Waals surface area contributed by atoms with E-state index in [4.69, 9.17) is 16.3 Å². The van der Waals surface area contributed by atoms with E-state index >= 15 is 0 Å². The van der Waals surface area contributed by atoms with Gasteiger partial charge >= 0.3 is 0 Å². The normalized spacial score (nSPS) is 20.6. The Morgan fingerprint density at radius 3 is 2.50 bits per heavy atom. The molecule has 1 fully saturated rings. The summed E-state index contributed by atoms with van der Waals surface area (Å²) in [4.78, 5) is 2.35. The maximum absolute atomic E-state index is 6.25. The molecule has 1 aliphatic rings. The molecule has 0 aromatic heterocycles. The Labute approximate surface area is 92.6 Å². The van der Waals surface area contributed by atoms with E-state index in [1.54, 1.807) is 0 Å². The molecule has 1 unspecified atom stereocenters. The molecule has 1 saturated heterocycles. The van der Waals surface area contributed by atoms with Crippen LogP contribution >= 0.6 is 11.6 Å². The van der Waals surface area contributed by atoms with Crippen LogP contribution in [0.5, 0.6) is 0 Å². The first-order valence-corrected chi connectivity index (χ1v) is 6.09. The summed E-state index contributed by atoms with van der Waals surface area (Å²) < 4.78 is 5.51. The quantitative estimate of drug-likeness (QED) is 0.387. The van der Waals surface area contributed by atoms with E-state index in [9.17, 15) is 0 Å². The van der Waals surface area contributed by atoms with E-state index in [-0.39, 0.29) is 5.50 Å². The van der Waals surface area contributed by atoms with Crippen molar-refractivity contribution in [3.63, 3.8) is 0 Å². The number of nitrogens with zero attached hydrogens (tertiary/aromatic N) is 1. The molecule has 3 heteroatoms. The van der Waals surface area contributed by atoms with Crippen LogP contribution in [-0.2, 0) is 4.74 Å². The van der Waals surface area contributed by atoms with E-state index in [2.05, 4.69) is 18.7 Å². The van der Waals surface area contributed by atoms with Crippen molar-refractivity contribution in [1.82, 2.24) is 4.90 Å². The SMILES string of the molecule is CC(C)COCCC(Cl)N1CCCC1. The average Bonchev–Trinajstić information content (AvgIpc) is 2.64. The minimum Gasteiger partial charge on any atom is -0.381 e. The van der Waals surface area contributed by atoms with Crippen LogP contribution in [-0.4, -0.2) is 36.7 Å². The topological polar surface area (TPSA) is 12.5 Å². The lowest BCUT2D eigenvalue weighted by atomic mass is 10.2. The maximum atomic E-state index is 6.25. The highest BCUT2D eigenvalue weighted by molar-refractivity contribution is 6.20. The molecular formula is C11H22ClNO. The largest absolute Gasteiger partial charge is 0.381 e. The number of hydrogen-bond donors (Lipinski definition) is 0. The summed E-state index contributed by atoms with van der Waals surface area (Å²) in [6, 6.07) is 0. The van der Waals surface area contributed by atoms with Crippen molar-refractivity contribution in [2.45, 2.75) is 38.6 Å². The fourth-order valence-electron chi connectivity index (χ4n) is 1.70. The highest BCUT2D eigenvalue weighted by Crippen LogP contribution is 2.16. The van der Waals surface area contributed by atoms with Crippen molar-refractivity contribution >= 4 is 11.6 Å². The number of ether oxygens (including phenoxy) is 1. The molecule has 0 aromatic rings. The third-order valence-electron chi connectivity index (χ3n) is 2.49. The monoisotopic (exact) mass is 219 g/mol. The Morgan fingerprint density at radius 2 is 1.93 bits per heavy atom. The number of alkyl halides is 1. The zero-order valence-corrected chi connectivity index (χ0v) is 10.1. The molecular weight excluding hydrogens is 198 g/mol. The molecule has 0 saturated carbocycles. The first-order chi connectivity index (χ1) is 6.70. The number of likely N-dealkylation sites (tertiary alicyclic amines) is 1. The highest BCUT2D eigenvalue weighted by Gasteiger charge is 2.19. The minimum absolute atomic E-state index is 0.185. The van der Waals surface area contributed by atoms with Gasteiger partial charge in [0.1, 0.15) is 0 Å². The van der Waals surface area contributed by atoms with Gasteiger partial charge in [0.05, 0.1) is 5.50 Å². The van der Waals surface area contributed by atoms with Crippen LogP contribution in [0.4, 0.5) is 0 Å². The highest BCUT2D eigenvalue weighted by atomic mass is 35.5. The molecule has 0 N–H and O–H groups in total. The van der Waals surface area contributed by atoms with Gasteiger partial charge in [-0.15, -0.1) is 11.6 Å². The molecule has 2 nitrogen and oxygen atoms in total. The minimum atomic E-state index is 0.185. The standard InChI is InChI=1S/C11H22ClNO/c1-10(2)9-14-8-5-11(12)13-6-3-4-7-13/h10-11H,3-9H2,1-2H3. The molecule has 0 radical (unpaired) electrons. The van der Waals surface area contributed by atoms with E-state index in [0.717, 1.165) is 19.6 Å². The Balaban J connectivity index is 1.99. The van der Waals surface area contributed by atoms with Gasteiger partial charge in [-0.25, -0.2) is 0 Å². The molecule has 0 amide bonds. The van der Waals surface area contributed by atoms with Crippen LogP contribution in [0.2, 0.25) is 0 Å². The summed E-state index contributed by atoms with van der Waals surface area (Å²) >= 11 is 6.25. The molecule has 1 atom stereocenters. The van der Waals surface area contributed by atoms with Crippen molar-refractivity contribution in [3.05, 3.63) is 0 Å². The summed E-state index contributed by atoms with van der Waals surface area (Å²) in [5, 5.41) is 0. The van der Waals surface area contributed by atoms with Crippen LogP contribution in [0.1, 0.15) is 33.1 Å². The van der Waals surface area contributed by atoms with Gasteiger partial charge in [0.15, 0.2) is 0 Å². The molecule has 0 bridgehead atoms. The van der Waals surface area contributed by atoms with Gasteiger partial charge in [0.25, 0.3) is 0 Å². The zero-order valence-electron chi connectivity index (χ0n) is 9.34. The van der Waals surface area contributed by atoms with Gasteiger partial charge in [0.2, 0.25) is 0 Å². The van der Waals surface area contributed by atoms with Gasteiger partial charge in [-0.05, 0) is 31.8 Å². The predicted molar refractivity (Wildman–Crippen MR) is 60.7 cm³/mol. The van der Waals surface area contributed by atoms with E-state index in [1.807, 2.05) is 0 Å². The molecule has 0 spiro atoms. The molecule has 14 heavy (non-hydrogen) atoms. The number of hydrogen-bond acceptors (Lipinski definition) is 2. The van der Waals surface area contributed by atoms with Gasteiger partial charge in [0, 0.05) is 19.6 Å². The number of rotatable bonds is 6. The number of halogens is 1. The molecule has 0 aliphatic carbocycles. The van der Waals surface area contributed by atoms with Gasteiger partial charge in [-0.2, -0.15) is 0 Å². The van der Waals surface area contributed by atoms with Crippen LogP contribution in [0.15, 0.2) is 0 Å². The van der Waals surface area contributed by atoms with Crippen LogP contribution in [0, 0.1) is 5.92 Å². The first-order valence-electron chi connectivity index (χ1n) is 5.66. The lowest BCUT2D eigenvalue weighted by molar-refractivity contribution is 0.0972. The van der Waals surface area contributed by atoms with E-state index in [1.165, 1.54) is 25.9 Å².